The molecule has 2 aromatic carbocycles. The van der Waals surface area contributed by atoms with E-state index in [2.05, 4.69) is 23.1 Å². The number of aryl methyl sites for hydroxylation is 1. The van der Waals surface area contributed by atoms with Crippen LogP contribution in [-0.4, -0.2) is 36.3 Å². The van der Waals surface area contributed by atoms with Gasteiger partial charge in [0.05, 0.1) is 5.00 Å². The molecule has 0 fully saturated rings. The van der Waals surface area contributed by atoms with Gasteiger partial charge in [-0.25, -0.2) is 0 Å². The molecule has 3 N–H and O–H groups in total. The van der Waals surface area contributed by atoms with Crippen molar-refractivity contribution in [3.8, 4) is 16.9 Å². The summed E-state index contributed by atoms with van der Waals surface area (Å²) in [5, 5.41) is 13.2. The van der Waals surface area contributed by atoms with Crippen molar-refractivity contribution >= 4 is 16.3 Å². The zero-order valence-corrected chi connectivity index (χ0v) is 16.6. The van der Waals surface area contributed by atoms with Gasteiger partial charge in [0, 0.05) is 18.7 Å². The fourth-order valence-electron chi connectivity index (χ4n) is 3.13. The molecule has 1 heterocycles. The minimum atomic E-state index is -0.561. The van der Waals surface area contributed by atoms with Crippen LogP contribution in [0, 0.1) is 6.92 Å². The quantitative estimate of drug-likeness (QED) is 0.614. The van der Waals surface area contributed by atoms with E-state index < -0.39 is 6.10 Å². The van der Waals surface area contributed by atoms with Crippen LogP contribution in [-0.2, 0) is 6.54 Å². The molecule has 0 saturated carbocycles. The van der Waals surface area contributed by atoms with Crippen molar-refractivity contribution in [2.24, 2.45) is 0 Å². The lowest BCUT2D eigenvalue weighted by Gasteiger charge is -2.22. The number of nitrogens with zero attached hydrogens (tertiary/aromatic N) is 1. The molecule has 142 valence electrons. The number of nitrogen functional groups attached to an aromatic ring is 1. The number of hydrogen-bond acceptors (Lipinski definition) is 5. The number of ether oxygens (including phenoxy) is 1. The van der Waals surface area contributed by atoms with Gasteiger partial charge < -0.3 is 15.6 Å². The molecule has 0 aliphatic heterocycles. The number of benzene rings is 2. The van der Waals surface area contributed by atoms with E-state index in [1.807, 2.05) is 55.7 Å². The number of anilines is 1. The first-order chi connectivity index (χ1) is 13.0. The minimum Gasteiger partial charge on any atom is -0.491 e. The Morgan fingerprint density at radius 1 is 1.11 bits per heavy atom. The van der Waals surface area contributed by atoms with Gasteiger partial charge in [-0.05, 0) is 54.2 Å². The van der Waals surface area contributed by atoms with Gasteiger partial charge in [-0.3, -0.25) is 4.90 Å². The second kappa shape index (κ2) is 9.04. The molecular weight excluding hydrogens is 356 g/mol. The van der Waals surface area contributed by atoms with Gasteiger partial charge in [-0.1, -0.05) is 36.4 Å². The second-order valence-corrected chi connectivity index (χ2v) is 7.78. The normalized spacial score (nSPS) is 12.3. The van der Waals surface area contributed by atoms with E-state index in [1.54, 1.807) is 11.3 Å². The molecule has 27 heavy (non-hydrogen) atoms. The number of aliphatic hydroxyl groups is 1. The predicted octanol–water partition coefficient (Wildman–Crippen LogP) is 4.18. The van der Waals surface area contributed by atoms with Crippen LogP contribution in [0.25, 0.3) is 11.1 Å². The van der Waals surface area contributed by atoms with Gasteiger partial charge in [0.1, 0.15) is 18.5 Å². The molecule has 0 aliphatic carbocycles. The number of thiophene rings is 1. The van der Waals surface area contributed by atoms with E-state index in [-0.39, 0.29) is 6.61 Å². The zero-order chi connectivity index (χ0) is 19.2. The van der Waals surface area contributed by atoms with Crippen LogP contribution in [0.3, 0.4) is 0 Å². The Morgan fingerprint density at radius 2 is 1.93 bits per heavy atom. The smallest absolute Gasteiger partial charge is 0.119 e. The Bertz CT molecular complexity index is 878. The molecular formula is C22H26N2O2S. The molecule has 3 rings (SSSR count). The third-order valence-electron chi connectivity index (χ3n) is 4.40. The minimum absolute atomic E-state index is 0.271. The van der Waals surface area contributed by atoms with Gasteiger partial charge in [0.15, 0.2) is 0 Å². The van der Waals surface area contributed by atoms with Crippen molar-refractivity contribution in [3.05, 3.63) is 71.1 Å². The third kappa shape index (κ3) is 5.32. The van der Waals surface area contributed by atoms with Crippen LogP contribution in [0.5, 0.6) is 5.75 Å². The summed E-state index contributed by atoms with van der Waals surface area (Å²) in [7, 11) is 2.00. The molecule has 0 aliphatic rings. The third-order valence-corrected chi connectivity index (χ3v) is 5.14. The Labute approximate surface area is 164 Å². The summed E-state index contributed by atoms with van der Waals surface area (Å²) in [5.41, 5.74) is 10.7. The summed E-state index contributed by atoms with van der Waals surface area (Å²) in [6.07, 6.45) is -0.561. The Balaban J connectivity index is 1.58. The molecule has 1 atom stereocenters. The summed E-state index contributed by atoms with van der Waals surface area (Å²) < 4.78 is 5.71. The first-order valence-electron chi connectivity index (χ1n) is 9.00. The fourth-order valence-corrected chi connectivity index (χ4v) is 3.79. The van der Waals surface area contributed by atoms with E-state index in [1.165, 1.54) is 5.56 Å². The number of likely N-dealkylation sites (N-methyl/N-ethyl adjacent to an activating group) is 1. The number of aliphatic hydroxyl groups excluding tert-OH is 1. The summed E-state index contributed by atoms with van der Waals surface area (Å²) in [5.74, 6) is 0.787. The summed E-state index contributed by atoms with van der Waals surface area (Å²) >= 11 is 1.55. The molecule has 5 heteroatoms. The van der Waals surface area contributed by atoms with Gasteiger partial charge >= 0.3 is 0 Å². The van der Waals surface area contributed by atoms with Crippen LogP contribution in [0.1, 0.15) is 11.1 Å². The van der Waals surface area contributed by atoms with Gasteiger partial charge in [0.2, 0.25) is 0 Å². The highest BCUT2D eigenvalue weighted by molar-refractivity contribution is 7.14. The van der Waals surface area contributed by atoms with Gasteiger partial charge in [-0.2, -0.15) is 0 Å². The highest BCUT2D eigenvalue weighted by Gasteiger charge is 2.13. The molecule has 1 unspecified atom stereocenters. The van der Waals surface area contributed by atoms with Crippen molar-refractivity contribution in [2.45, 2.75) is 19.6 Å². The van der Waals surface area contributed by atoms with Crippen molar-refractivity contribution < 1.29 is 9.84 Å². The zero-order valence-electron chi connectivity index (χ0n) is 15.8. The van der Waals surface area contributed by atoms with E-state index in [0.717, 1.165) is 34.0 Å². The lowest BCUT2D eigenvalue weighted by atomic mass is 10.0. The maximum absolute atomic E-state index is 10.3. The Kier molecular flexibility index (Phi) is 6.50. The monoisotopic (exact) mass is 382 g/mol. The molecule has 3 aromatic rings. The number of hydrogen-bond donors (Lipinski definition) is 2. The van der Waals surface area contributed by atoms with Crippen LogP contribution in [0.2, 0.25) is 0 Å². The van der Waals surface area contributed by atoms with E-state index >= 15 is 0 Å². The first-order valence-corrected chi connectivity index (χ1v) is 9.88. The average Bonchev–Trinajstić information content (AvgIpc) is 3.06. The summed E-state index contributed by atoms with van der Waals surface area (Å²) in [4.78, 5) is 2.10. The Hall–Kier alpha value is -2.34. The predicted molar refractivity (Wildman–Crippen MR) is 113 cm³/mol. The topological polar surface area (TPSA) is 58.7 Å². The summed E-state index contributed by atoms with van der Waals surface area (Å²) in [6, 6.07) is 18.2. The van der Waals surface area contributed by atoms with Gasteiger partial charge in [0.25, 0.3) is 0 Å². The molecule has 0 saturated heterocycles. The highest BCUT2D eigenvalue weighted by atomic mass is 32.1. The molecule has 0 amide bonds. The van der Waals surface area contributed by atoms with E-state index in [4.69, 9.17) is 10.5 Å². The van der Waals surface area contributed by atoms with Crippen molar-refractivity contribution in [2.75, 3.05) is 25.9 Å². The van der Waals surface area contributed by atoms with Crippen molar-refractivity contribution in [1.82, 2.24) is 4.90 Å². The van der Waals surface area contributed by atoms with Crippen molar-refractivity contribution in [3.63, 3.8) is 0 Å². The van der Waals surface area contributed by atoms with E-state index in [0.29, 0.717) is 6.54 Å². The van der Waals surface area contributed by atoms with Crippen molar-refractivity contribution in [1.29, 1.82) is 0 Å². The largest absolute Gasteiger partial charge is 0.491 e. The maximum atomic E-state index is 10.3. The maximum Gasteiger partial charge on any atom is 0.119 e. The summed E-state index contributed by atoms with van der Waals surface area (Å²) in [6.45, 7) is 3.55. The SMILES string of the molecule is Cc1cccc(OCC(O)CN(C)Cc2ccccc2-c2ccsc2N)c1. The van der Waals surface area contributed by atoms with Crippen LogP contribution >= 0.6 is 11.3 Å². The van der Waals surface area contributed by atoms with Crippen LogP contribution < -0.4 is 10.5 Å². The molecule has 1 aromatic heterocycles. The average molecular weight is 383 g/mol. The second-order valence-electron chi connectivity index (χ2n) is 6.83. The molecule has 0 spiro atoms. The number of nitrogens with two attached hydrogens (primary N) is 1. The van der Waals surface area contributed by atoms with Gasteiger partial charge in [-0.15, -0.1) is 11.3 Å². The molecule has 0 bridgehead atoms. The molecule has 4 nitrogen and oxygen atoms in total. The van der Waals surface area contributed by atoms with Crippen LogP contribution in [0.4, 0.5) is 5.00 Å². The molecule has 0 radical (unpaired) electrons. The van der Waals surface area contributed by atoms with Crippen LogP contribution in [0.15, 0.2) is 60.0 Å². The lowest BCUT2D eigenvalue weighted by molar-refractivity contribution is 0.0744. The fraction of sp³-hybridized carbons (Fsp3) is 0.273. The first kappa shape index (κ1) is 19.4. The standard InChI is InChI=1S/C22H26N2O2S/c1-16-6-5-8-19(12-16)26-15-18(25)14-24(2)13-17-7-3-4-9-20(17)21-10-11-27-22(21)23/h3-12,18,25H,13-15,23H2,1-2H3. The highest BCUT2D eigenvalue weighted by Crippen LogP contribution is 2.33. The lowest BCUT2D eigenvalue weighted by Crippen LogP contribution is -2.32. The number of rotatable bonds is 8. The Morgan fingerprint density at radius 3 is 2.67 bits per heavy atom. The van der Waals surface area contributed by atoms with E-state index in [9.17, 15) is 5.11 Å².